The van der Waals surface area contributed by atoms with Crippen LogP contribution in [0.15, 0.2) is 96.1 Å². The fraction of sp³-hybridized carbons (Fsp3) is 0. The average Bonchev–Trinajstić information content (AvgIpc) is 3.43. The molecule has 5 rings (SSSR count). The second-order valence-corrected chi connectivity index (χ2v) is 6.70. The Hall–Kier alpha value is -4.12. The molecule has 0 atom stereocenters. The zero-order valence-electron chi connectivity index (χ0n) is 15.4. The molecule has 1 amide bonds. The molecular formula is C24H17N3O2. The van der Waals surface area contributed by atoms with Gasteiger partial charge in [-0.2, -0.15) is 0 Å². The third kappa shape index (κ3) is 3.19. The minimum Gasteiger partial charge on any atom is -0.472 e. The van der Waals surface area contributed by atoms with E-state index in [2.05, 4.69) is 21.4 Å². The second kappa shape index (κ2) is 7.13. The lowest BCUT2D eigenvalue weighted by molar-refractivity contribution is 0.102. The van der Waals surface area contributed by atoms with Gasteiger partial charge in [0.25, 0.3) is 5.91 Å². The number of benzene rings is 2. The van der Waals surface area contributed by atoms with E-state index in [1.165, 1.54) is 0 Å². The Kier molecular flexibility index (Phi) is 4.18. The first-order valence-corrected chi connectivity index (χ1v) is 9.25. The minimum absolute atomic E-state index is 0.156. The number of anilines is 1. The number of pyridine rings is 1. The summed E-state index contributed by atoms with van der Waals surface area (Å²) in [5, 5.41) is 3.93. The minimum atomic E-state index is -0.156. The first-order chi connectivity index (χ1) is 14.3. The van der Waals surface area contributed by atoms with Crippen molar-refractivity contribution in [2.75, 3.05) is 5.32 Å². The summed E-state index contributed by atoms with van der Waals surface area (Å²) in [6.07, 6.45) is 7.05. The first-order valence-electron chi connectivity index (χ1n) is 9.25. The Morgan fingerprint density at radius 3 is 2.59 bits per heavy atom. The van der Waals surface area contributed by atoms with Gasteiger partial charge in [0.05, 0.1) is 12.5 Å². The van der Waals surface area contributed by atoms with Crippen LogP contribution in [-0.4, -0.2) is 15.9 Å². The van der Waals surface area contributed by atoms with Crippen LogP contribution in [0.1, 0.15) is 10.4 Å². The molecule has 0 bridgehead atoms. The van der Waals surface area contributed by atoms with Crippen molar-refractivity contribution in [2.45, 2.75) is 0 Å². The van der Waals surface area contributed by atoms with Crippen LogP contribution >= 0.6 is 0 Å². The van der Waals surface area contributed by atoms with Crippen molar-refractivity contribution in [3.63, 3.8) is 0 Å². The van der Waals surface area contributed by atoms with Gasteiger partial charge in [0.1, 0.15) is 5.65 Å². The maximum atomic E-state index is 12.9. The predicted molar refractivity (Wildman–Crippen MR) is 114 cm³/mol. The molecule has 5 heteroatoms. The van der Waals surface area contributed by atoms with Crippen molar-refractivity contribution >= 4 is 22.6 Å². The summed E-state index contributed by atoms with van der Waals surface area (Å²) in [7, 11) is 0. The molecule has 0 radical (unpaired) electrons. The summed E-state index contributed by atoms with van der Waals surface area (Å²) in [5.74, 6) is -0.156. The lowest BCUT2D eigenvalue weighted by Gasteiger charge is -2.10. The van der Waals surface area contributed by atoms with Crippen LogP contribution in [0.25, 0.3) is 33.3 Å². The van der Waals surface area contributed by atoms with Crippen LogP contribution in [0.4, 0.5) is 5.69 Å². The molecule has 2 aromatic carbocycles. The lowest BCUT2D eigenvalue weighted by atomic mass is 9.98. The number of hydrogen-bond donors (Lipinski definition) is 2. The second-order valence-electron chi connectivity index (χ2n) is 6.70. The van der Waals surface area contributed by atoms with E-state index in [1.807, 2.05) is 66.9 Å². The number of aromatic amines is 1. The molecule has 3 aromatic heterocycles. The molecule has 0 fully saturated rings. The third-order valence-electron chi connectivity index (χ3n) is 4.88. The maximum Gasteiger partial charge on any atom is 0.256 e. The maximum absolute atomic E-state index is 12.9. The number of carbonyl (C=O) groups is 1. The van der Waals surface area contributed by atoms with Gasteiger partial charge in [-0.1, -0.05) is 36.4 Å². The summed E-state index contributed by atoms with van der Waals surface area (Å²) in [5.41, 5.74) is 5.83. The molecule has 5 nitrogen and oxygen atoms in total. The quantitative estimate of drug-likeness (QED) is 0.418. The van der Waals surface area contributed by atoms with Crippen LogP contribution in [-0.2, 0) is 0 Å². The summed E-state index contributed by atoms with van der Waals surface area (Å²) in [4.78, 5) is 20.7. The van der Waals surface area contributed by atoms with E-state index in [9.17, 15) is 4.79 Å². The number of aromatic nitrogens is 2. The lowest BCUT2D eigenvalue weighted by Crippen LogP contribution is -2.13. The Bertz CT molecular complexity index is 1290. The predicted octanol–water partition coefficient (Wildman–Crippen LogP) is 5.74. The van der Waals surface area contributed by atoms with Crippen LogP contribution < -0.4 is 5.32 Å². The number of H-pyrrole nitrogens is 1. The Morgan fingerprint density at radius 2 is 1.76 bits per heavy atom. The SMILES string of the molecule is O=C(Nc1ccccc1)c1ccccc1-c1cnc2[nH]cc(-c3ccoc3)c2c1. The van der Waals surface area contributed by atoms with Gasteiger partial charge in [0.15, 0.2) is 0 Å². The van der Waals surface area contributed by atoms with Crippen LogP contribution in [0.2, 0.25) is 0 Å². The molecule has 2 N–H and O–H groups in total. The number of carbonyl (C=O) groups excluding carboxylic acids is 1. The fourth-order valence-corrected chi connectivity index (χ4v) is 3.46. The monoisotopic (exact) mass is 379 g/mol. The molecule has 29 heavy (non-hydrogen) atoms. The third-order valence-corrected chi connectivity index (χ3v) is 4.88. The molecule has 0 aliphatic rings. The highest BCUT2D eigenvalue weighted by atomic mass is 16.3. The Morgan fingerprint density at radius 1 is 0.931 bits per heavy atom. The number of nitrogens with one attached hydrogen (secondary N) is 2. The molecule has 140 valence electrons. The molecule has 0 aliphatic carbocycles. The largest absolute Gasteiger partial charge is 0.472 e. The van der Waals surface area contributed by atoms with Gasteiger partial charge in [0, 0.05) is 45.7 Å². The van der Waals surface area contributed by atoms with Crippen molar-refractivity contribution in [3.8, 4) is 22.3 Å². The normalized spacial score (nSPS) is 10.9. The number of furan rings is 1. The molecule has 5 aromatic rings. The first kappa shape index (κ1) is 17.0. The van der Waals surface area contributed by atoms with Crippen molar-refractivity contribution < 1.29 is 9.21 Å². The van der Waals surface area contributed by atoms with Gasteiger partial charge in [-0.3, -0.25) is 4.79 Å². The fourth-order valence-electron chi connectivity index (χ4n) is 3.46. The van der Waals surface area contributed by atoms with Crippen LogP contribution in [0, 0.1) is 0 Å². The van der Waals surface area contributed by atoms with Gasteiger partial charge in [-0.15, -0.1) is 0 Å². The van der Waals surface area contributed by atoms with Crippen molar-refractivity contribution in [2.24, 2.45) is 0 Å². The highest BCUT2D eigenvalue weighted by Crippen LogP contribution is 2.32. The van der Waals surface area contributed by atoms with E-state index in [0.29, 0.717) is 5.56 Å². The summed E-state index contributed by atoms with van der Waals surface area (Å²) in [6.45, 7) is 0. The molecule has 0 aliphatic heterocycles. The van der Waals surface area contributed by atoms with E-state index < -0.39 is 0 Å². The Labute approximate surface area is 167 Å². The zero-order chi connectivity index (χ0) is 19.6. The van der Waals surface area contributed by atoms with Gasteiger partial charge >= 0.3 is 0 Å². The van der Waals surface area contributed by atoms with Gasteiger partial charge in [0.2, 0.25) is 0 Å². The molecular weight excluding hydrogens is 362 g/mol. The highest BCUT2D eigenvalue weighted by molar-refractivity contribution is 6.09. The number of hydrogen-bond acceptors (Lipinski definition) is 3. The zero-order valence-corrected chi connectivity index (χ0v) is 15.4. The van der Waals surface area contributed by atoms with E-state index in [1.54, 1.807) is 18.7 Å². The van der Waals surface area contributed by atoms with E-state index in [0.717, 1.165) is 39.0 Å². The average molecular weight is 379 g/mol. The smallest absolute Gasteiger partial charge is 0.256 e. The number of amides is 1. The van der Waals surface area contributed by atoms with Crippen molar-refractivity contribution in [3.05, 3.63) is 97.2 Å². The standard InChI is InChI=1S/C24H17N3O2/c28-24(27-18-6-2-1-3-7-18)20-9-5-4-8-19(20)17-12-21-22(16-10-11-29-15-16)14-26-23(21)25-13-17/h1-15H,(H,25,26)(H,27,28). The summed E-state index contributed by atoms with van der Waals surface area (Å²) < 4.78 is 5.22. The van der Waals surface area contributed by atoms with Crippen molar-refractivity contribution in [1.82, 2.24) is 9.97 Å². The molecule has 0 unspecified atom stereocenters. The topological polar surface area (TPSA) is 70.9 Å². The van der Waals surface area contributed by atoms with Gasteiger partial charge in [-0.25, -0.2) is 4.98 Å². The van der Waals surface area contributed by atoms with Gasteiger partial charge in [-0.05, 0) is 35.9 Å². The van der Waals surface area contributed by atoms with E-state index in [4.69, 9.17) is 4.42 Å². The molecule has 0 saturated carbocycles. The Balaban J connectivity index is 1.57. The summed E-state index contributed by atoms with van der Waals surface area (Å²) in [6, 6.07) is 20.9. The van der Waals surface area contributed by atoms with Crippen LogP contribution in [0.5, 0.6) is 0 Å². The number of fused-ring (bicyclic) bond motifs is 1. The number of rotatable bonds is 4. The molecule has 0 spiro atoms. The molecule has 0 saturated heterocycles. The van der Waals surface area contributed by atoms with Crippen LogP contribution in [0.3, 0.4) is 0 Å². The number of nitrogens with zero attached hydrogens (tertiary/aromatic N) is 1. The van der Waals surface area contributed by atoms with Gasteiger partial charge < -0.3 is 14.7 Å². The van der Waals surface area contributed by atoms with Crippen molar-refractivity contribution in [1.29, 1.82) is 0 Å². The molecule has 3 heterocycles. The van der Waals surface area contributed by atoms with E-state index >= 15 is 0 Å². The number of para-hydroxylation sites is 1. The summed E-state index contributed by atoms with van der Waals surface area (Å²) >= 11 is 0. The highest BCUT2D eigenvalue weighted by Gasteiger charge is 2.15. The van der Waals surface area contributed by atoms with E-state index in [-0.39, 0.29) is 5.91 Å².